The molecule has 0 amide bonds. The van der Waals surface area contributed by atoms with Gasteiger partial charge in [0.05, 0.1) is 27.0 Å². The van der Waals surface area contributed by atoms with Crippen LogP contribution < -0.4 is 19.5 Å². The molecule has 5 heteroatoms. The Bertz CT molecular complexity index is 570. The predicted octanol–water partition coefficient (Wildman–Crippen LogP) is 2.40. The molecule has 0 radical (unpaired) electrons. The molecule has 0 aliphatic heterocycles. The summed E-state index contributed by atoms with van der Waals surface area (Å²) in [4.78, 5) is 4.33. The van der Waals surface area contributed by atoms with Gasteiger partial charge in [-0.2, -0.15) is 0 Å². The van der Waals surface area contributed by atoms with Crippen molar-refractivity contribution in [2.45, 2.75) is 13.1 Å². The number of hydrogen-bond acceptors (Lipinski definition) is 5. The minimum atomic E-state index is 0.604. The zero-order valence-corrected chi connectivity index (χ0v) is 12.6. The fourth-order valence-corrected chi connectivity index (χ4v) is 2.05. The number of hydrogen-bond donors (Lipinski definition) is 1. The molecule has 21 heavy (non-hydrogen) atoms. The molecule has 2 rings (SSSR count). The molecule has 0 saturated heterocycles. The van der Waals surface area contributed by atoms with E-state index >= 15 is 0 Å². The average Bonchev–Trinajstić information content (AvgIpc) is 2.55. The SMILES string of the molecule is COc1ccc(CNCc2nccc(OC)c2OC)cc1. The zero-order valence-electron chi connectivity index (χ0n) is 12.6. The summed E-state index contributed by atoms with van der Waals surface area (Å²) in [5, 5.41) is 3.34. The second kappa shape index (κ2) is 7.50. The van der Waals surface area contributed by atoms with E-state index in [4.69, 9.17) is 14.2 Å². The summed E-state index contributed by atoms with van der Waals surface area (Å²) >= 11 is 0. The number of rotatable bonds is 7. The number of methoxy groups -OCH3 is 3. The van der Waals surface area contributed by atoms with Crippen LogP contribution in [-0.2, 0) is 13.1 Å². The van der Waals surface area contributed by atoms with Gasteiger partial charge in [0.1, 0.15) is 5.75 Å². The Balaban J connectivity index is 1.96. The van der Waals surface area contributed by atoms with Gasteiger partial charge >= 0.3 is 0 Å². The van der Waals surface area contributed by atoms with E-state index in [9.17, 15) is 0 Å². The quantitative estimate of drug-likeness (QED) is 0.848. The highest BCUT2D eigenvalue weighted by molar-refractivity contribution is 5.42. The van der Waals surface area contributed by atoms with Crippen LogP contribution in [0.5, 0.6) is 17.2 Å². The lowest BCUT2D eigenvalue weighted by atomic mass is 10.2. The van der Waals surface area contributed by atoms with Crippen molar-refractivity contribution >= 4 is 0 Å². The van der Waals surface area contributed by atoms with E-state index in [1.807, 2.05) is 24.3 Å². The number of ether oxygens (including phenoxy) is 3. The topological polar surface area (TPSA) is 52.6 Å². The van der Waals surface area contributed by atoms with Crippen molar-refractivity contribution in [1.29, 1.82) is 0 Å². The molecule has 1 heterocycles. The molecule has 0 fully saturated rings. The number of pyridine rings is 1. The van der Waals surface area contributed by atoms with E-state index in [1.165, 1.54) is 5.56 Å². The monoisotopic (exact) mass is 288 g/mol. The van der Waals surface area contributed by atoms with E-state index < -0.39 is 0 Å². The lowest BCUT2D eigenvalue weighted by molar-refractivity contribution is 0.348. The molecule has 112 valence electrons. The van der Waals surface area contributed by atoms with E-state index in [0.717, 1.165) is 18.0 Å². The van der Waals surface area contributed by atoms with Crippen LogP contribution in [0.1, 0.15) is 11.3 Å². The minimum Gasteiger partial charge on any atom is -0.497 e. The third-order valence-corrected chi connectivity index (χ3v) is 3.15. The van der Waals surface area contributed by atoms with Gasteiger partial charge in [-0.05, 0) is 17.7 Å². The first-order chi connectivity index (χ1) is 10.3. The Kier molecular flexibility index (Phi) is 5.40. The zero-order chi connectivity index (χ0) is 15.1. The van der Waals surface area contributed by atoms with Crippen molar-refractivity contribution in [3.63, 3.8) is 0 Å². The molecule has 0 spiro atoms. The molecule has 5 nitrogen and oxygen atoms in total. The normalized spacial score (nSPS) is 10.2. The predicted molar refractivity (Wildman–Crippen MR) is 80.9 cm³/mol. The molecule has 1 aromatic heterocycles. The van der Waals surface area contributed by atoms with Gasteiger partial charge in [-0.25, -0.2) is 0 Å². The number of nitrogens with zero attached hydrogens (tertiary/aromatic N) is 1. The van der Waals surface area contributed by atoms with E-state index in [-0.39, 0.29) is 0 Å². The molecule has 0 unspecified atom stereocenters. The van der Waals surface area contributed by atoms with Crippen molar-refractivity contribution in [1.82, 2.24) is 10.3 Å². The van der Waals surface area contributed by atoms with Crippen LogP contribution in [0.4, 0.5) is 0 Å². The maximum Gasteiger partial charge on any atom is 0.183 e. The van der Waals surface area contributed by atoms with Crippen LogP contribution >= 0.6 is 0 Å². The third kappa shape index (κ3) is 3.86. The van der Waals surface area contributed by atoms with Gasteiger partial charge in [-0.1, -0.05) is 12.1 Å². The first-order valence-corrected chi connectivity index (χ1v) is 6.68. The number of nitrogens with one attached hydrogen (secondary N) is 1. The lowest BCUT2D eigenvalue weighted by Crippen LogP contribution is -2.14. The van der Waals surface area contributed by atoms with Crippen molar-refractivity contribution in [2.24, 2.45) is 0 Å². The Morgan fingerprint density at radius 2 is 1.67 bits per heavy atom. The van der Waals surface area contributed by atoms with Gasteiger partial charge in [0.15, 0.2) is 11.5 Å². The Hall–Kier alpha value is -2.27. The molecule has 1 N–H and O–H groups in total. The van der Waals surface area contributed by atoms with Crippen LogP contribution in [0.2, 0.25) is 0 Å². The second-order valence-corrected chi connectivity index (χ2v) is 4.44. The van der Waals surface area contributed by atoms with Gasteiger partial charge in [0, 0.05) is 25.4 Å². The Morgan fingerprint density at radius 3 is 2.29 bits per heavy atom. The van der Waals surface area contributed by atoms with Gasteiger partial charge in [0.2, 0.25) is 0 Å². The first-order valence-electron chi connectivity index (χ1n) is 6.68. The molecule has 0 aliphatic rings. The fourth-order valence-electron chi connectivity index (χ4n) is 2.05. The largest absolute Gasteiger partial charge is 0.497 e. The van der Waals surface area contributed by atoms with Crippen molar-refractivity contribution in [2.75, 3.05) is 21.3 Å². The summed E-state index contributed by atoms with van der Waals surface area (Å²) in [6.07, 6.45) is 1.71. The van der Waals surface area contributed by atoms with Crippen LogP contribution in [0.3, 0.4) is 0 Å². The van der Waals surface area contributed by atoms with Crippen LogP contribution in [0.15, 0.2) is 36.5 Å². The second-order valence-electron chi connectivity index (χ2n) is 4.44. The summed E-state index contributed by atoms with van der Waals surface area (Å²) < 4.78 is 15.8. The van der Waals surface area contributed by atoms with Gasteiger partial charge < -0.3 is 19.5 Å². The molecule has 0 atom stereocenters. The Labute approximate surface area is 124 Å². The van der Waals surface area contributed by atoms with Crippen molar-refractivity contribution in [3.8, 4) is 17.2 Å². The highest BCUT2D eigenvalue weighted by Crippen LogP contribution is 2.28. The third-order valence-electron chi connectivity index (χ3n) is 3.15. The summed E-state index contributed by atoms with van der Waals surface area (Å²) in [7, 11) is 4.90. The molecule has 0 aliphatic carbocycles. The molecular formula is C16H20N2O3. The van der Waals surface area contributed by atoms with E-state index in [0.29, 0.717) is 18.0 Å². The molecule has 0 bridgehead atoms. The average molecular weight is 288 g/mol. The van der Waals surface area contributed by atoms with Gasteiger partial charge in [0.25, 0.3) is 0 Å². The lowest BCUT2D eigenvalue weighted by Gasteiger charge is -2.12. The number of benzene rings is 1. The molecule has 2 aromatic rings. The van der Waals surface area contributed by atoms with E-state index in [1.54, 1.807) is 33.6 Å². The first kappa shape index (κ1) is 15.1. The summed E-state index contributed by atoms with van der Waals surface area (Å²) in [6.45, 7) is 1.35. The summed E-state index contributed by atoms with van der Waals surface area (Å²) in [5.74, 6) is 2.21. The van der Waals surface area contributed by atoms with Gasteiger partial charge in [-0.3, -0.25) is 4.98 Å². The van der Waals surface area contributed by atoms with Crippen LogP contribution in [0.25, 0.3) is 0 Å². The number of aromatic nitrogens is 1. The van der Waals surface area contributed by atoms with Crippen molar-refractivity contribution < 1.29 is 14.2 Å². The van der Waals surface area contributed by atoms with Crippen LogP contribution in [-0.4, -0.2) is 26.3 Å². The summed E-state index contributed by atoms with van der Waals surface area (Å²) in [5.41, 5.74) is 2.00. The Morgan fingerprint density at radius 1 is 0.905 bits per heavy atom. The molecule has 1 aromatic carbocycles. The minimum absolute atomic E-state index is 0.604. The highest BCUT2D eigenvalue weighted by atomic mass is 16.5. The summed E-state index contributed by atoms with van der Waals surface area (Å²) in [6, 6.07) is 9.73. The smallest absolute Gasteiger partial charge is 0.183 e. The van der Waals surface area contributed by atoms with Crippen molar-refractivity contribution in [3.05, 3.63) is 47.8 Å². The highest BCUT2D eigenvalue weighted by Gasteiger charge is 2.10. The van der Waals surface area contributed by atoms with Crippen LogP contribution in [0, 0.1) is 0 Å². The van der Waals surface area contributed by atoms with Gasteiger partial charge in [-0.15, -0.1) is 0 Å². The standard InChI is InChI=1S/C16H20N2O3/c1-19-13-6-4-12(5-7-13)10-17-11-14-16(21-3)15(20-2)8-9-18-14/h4-9,17H,10-11H2,1-3H3. The molecular weight excluding hydrogens is 268 g/mol. The maximum atomic E-state index is 5.36. The fraction of sp³-hybridized carbons (Fsp3) is 0.312. The maximum absolute atomic E-state index is 5.36. The molecule has 0 saturated carbocycles. The van der Waals surface area contributed by atoms with E-state index in [2.05, 4.69) is 10.3 Å².